The SMILES string of the molecule is O=c1c2c(-c3ccccc3)csc2nc2n1CCC2=Cc1cccnc1. The van der Waals surface area contributed by atoms with E-state index >= 15 is 0 Å². The number of thiophene rings is 1. The number of fused-ring (bicyclic) bond motifs is 2. The molecule has 3 aromatic heterocycles. The van der Waals surface area contributed by atoms with Crippen LogP contribution in [-0.4, -0.2) is 14.5 Å². The lowest BCUT2D eigenvalue weighted by Crippen LogP contribution is -2.20. The number of allylic oxidation sites excluding steroid dienone is 1. The highest BCUT2D eigenvalue weighted by molar-refractivity contribution is 7.17. The molecule has 4 aromatic rings. The Hall–Kier alpha value is -3.05. The Morgan fingerprint density at radius 1 is 1.12 bits per heavy atom. The summed E-state index contributed by atoms with van der Waals surface area (Å²) in [6, 6.07) is 14.0. The van der Waals surface area contributed by atoms with Crippen molar-refractivity contribution in [1.29, 1.82) is 0 Å². The quantitative estimate of drug-likeness (QED) is 0.532. The van der Waals surface area contributed by atoms with Crippen molar-refractivity contribution in [2.75, 3.05) is 0 Å². The van der Waals surface area contributed by atoms with Gasteiger partial charge in [-0.3, -0.25) is 14.3 Å². The fourth-order valence-corrected chi connectivity index (χ4v) is 4.39. The van der Waals surface area contributed by atoms with Crippen LogP contribution in [0.5, 0.6) is 0 Å². The van der Waals surface area contributed by atoms with E-state index in [2.05, 4.69) is 11.1 Å². The van der Waals surface area contributed by atoms with E-state index in [1.807, 2.05) is 58.6 Å². The largest absolute Gasteiger partial charge is 0.292 e. The summed E-state index contributed by atoms with van der Waals surface area (Å²) in [6.45, 7) is 0.674. The van der Waals surface area contributed by atoms with Crippen molar-refractivity contribution in [2.45, 2.75) is 13.0 Å². The third-order valence-corrected chi connectivity index (χ3v) is 5.57. The number of benzene rings is 1. The number of aromatic nitrogens is 3. The molecule has 0 aliphatic carbocycles. The Balaban J connectivity index is 1.69. The molecule has 5 heteroatoms. The zero-order chi connectivity index (χ0) is 17.5. The van der Waals surface area contributed by atoms with Gasteiger partial charge in [0.1, 0.15) is 10.7 Å². The Labute approximate surface area is 154 Å². The van der Waals surface area contributed by atoms with E-state index < -0.39 is 0 Å². The maximum atomic E-state index is 13.2. The predicted octanol–water partition coefficient (Wildman–Crippen LogP) is 4.46. The monoisotopic (exact) mass is 357 g/mol. The van der Waals surface area contributed by atoms with Crippen molar-refractivity contribution >= 4 is 33.2 Å². The summed E-state index contributed by atoms with van der Waals surface area (Å²) in [4.78, 5) is 23.0. The zero-order valence-corrected chi connectivity index (χ0v) is 14.7. The van der Waals surface area contributed by atoms with E-state index in [9.17, 15) is 4.79 Å². The molecule has 4 nitrogen and oxygen atoms in total. The van der Waals surface area contributed by atoms with Crippen LogP contribution in [0.15, 0.2) is 65.0 Å². The molecule has 0 fully saturated rings. The van der Waals surface area contributed by atoms with Gasteiger partial charge in [0, 0.05) is 29.9 Å². The van der Waals surface area contributed by atoms with Gasteiger partial charge in [0.15, 0.2) is 0 Å². The van der Waals surface area contributed by atoms with Crippen LogP contribution in [0, 0.1) is 0 Å². The summed E-state index contributed by atoms with van der Waals surface area (Å²) >= 11 is 1.53. The molecule has 1 aromatic carbocycles. The van der Waals surface area contributed by atoms with Crippen LogP contribution < -0.4 is 5.56 Å². The minimum atomic E-state index is 0.0553. The van der Waals surface area contributed by atoms with E-state index in [0.29, 0.717) is 6.54 Å². The third kappa shape index (κ3) is 2.40. The molecule has 1 aliphatic rings. The average molecular weight is 357 g/mol. The molecule has 0 amide bonds. The average Bonchev–Trinajstić information content (AvgIpc) is 3.29. The normalized spacial score (nSPS) is 14.8. The van der Waals surface area contributed by atoms with Crippen molar-refractivity contribution in [3.05, 3.63) is 82.0 Å². The summed E-state index contributed by atoms with van der Waals surface area (Å²) < 4.78 is 1.81. The molecule has 1 aliphatic heterocycles. The number of rotatable bonds is 2. The van der Waals surface area contributed by atoms with Gasteiger partial charge in [-0.25, -0.2) is 4.98 Å². The van der Waals surface area contributed by atoms with Gasteiger partial charge >= 0.3 is 0 Å². The van der Waals surface area contributed by atoms with E-state index in [0.717, 1.165) is 44.7 Å². The van der Waals surface area contributed by atoms with Gasteiger partial charge in [-0.15, -0.1) is 11.3 Å². The molecule has 5 rings (SSSR count). The molecular weight excluding hydrogens is 342 g/mol. The lowest BCUT2D eigenvalue weighted by atomic mass is 10.1. The first kappa shape index (κ1) is 15.2. The zero-order valence-electron chi connectivity index (χ0n) is 13.9. The summed E-state index contributed by atoms with van der Waals surface area (Å²) in [6.07, 6.45) is 6.48. The second-order valence-corrected chi connectivity index (χ2v) is 7.15. The van der Waals surface area contributed by atoms with Crippen LogP contribution in [0.1, 0.15) is 17.8 Å². The first-order valence-electron chi connectivity index (χ1n) is 8.50. The molecule has 4 heterocycles. The highest BCUT2D eigenvalue weighted by Crippen LogP contribution is 2.34. The summed E-state index contributed by atoms with van der Waals surface area (Å²) in [5, 5.41) is 2.77. The summed E-state index contributed by atoms with van der Waals surface area (Å²) in [7, 11) is 0. The first-order chi connectivity index (χ1) is 12.8. The minimum Gasteiger partial charge on any atom is -0.292 e. The van der Waals surface area contributed by atoms with E-state index in [-0.39, 0.29) is 5.56 Å². The molecule has 0 saturated carbocycles. The van der Waals surface area contributed by atoms with Crippen LogP contribution in [0.4, 0.5) is 0 Å². The van der Waals surface area contributed by atoms with Gasteiger partial charge in [-0.2, -0.15) is 0 Å². The van der Waals surface area contributed by atoms with Crippen molar-refractivity contribution in [3.8, 4) is 11.1 Å². The maximum absolute atomic E-state index is 13.2. The smallest absolute Gasteiger partial charge is 0.263 e. The van der Waals surface area contributed by atoms with Gasteiger partial charge in [0.2, 0.25) is 0 Å². The van der Waals surface area contributed by atoms with Gasteiger partial charge in [0.05, 0.1) is 5.39 Å². The maximum Gasteiger partial charge on any atom is 0.263 e. The van der Waals surface area contributed by atoms with E-state index in [1.54, 1.807) is 6.20 Å². The van der Waals surface area contributed by atoms with E-state index in [4.69, 9.17) is 4.98 Å². The highest BCUT2D eigenvalue weighted by Gasteiger charge is 2.23. The fourth-order valence-electron chi connectivity index (χ4n) is 3.45. The standard InChI is InChI=1S/C21H15N3OS/c25-21-18-17(15-6-2-1-3-7-15)13-26-20(18)23-19-16(8-10-24(19)21)11-14-5-4-9-22-12-14/h1-7,9,11-13H,8,10H2. The van der Waals surface area contributed by atoms with E-state index in [1.165, 1.54) is 11.3 Å². The van der Waals surface area contributed by atoms with Crippen molar-refractivity contribution in [3.63, 3.8) is 0 Å². The lowest BCUT2D eigenvalue weighted by Gasteiger charge is -2.05. The Morgan fingerprint density at radius 2 is 2.00 bits per heavy atom. The van der Waals surface area contributed by atoms with Crippen molar-refractivity contribution in [2.24, 2.45) is 0 Å². The molecule has 0 N–H and O–H groups in total. The number of hydrogen-bond donors (Lipinski definition) is 0. The summed E-state index contributed by atoms with van der Waals surface area (Å²) in [5.41, 5.74) is 4.21. The molecule has 126 valence electrons. The lowest BCUT2D eigenvalue weighted by molar-refractivity contribution is 0.726. The second kappa shape index (κ2) is 6.04. The molecule has 0 atom stereocenters. The van der Waals surface area contributed by atoms with Gasteiger partial charge in [0.25, 0.3) is 5.56 Å². The molecule has 0 bridgehead atoms. The Morgan fingerprint density at radius 3 is 2.81 bits per heavy atom. The van der Waals surface area contributed by atoms with Crippen LogP contribution in [0.2, 0.25) is 0 Å². The molecule has 0 spiro atoms. The minimum absolute atomic E-state index is 0.0553. The molecule has 0 radical (unpaired) electrons. The Bertz CT molecular complexity index is 1190. The van der Waals surface area contributed by atoms with Gasteiger partial charge in [-0.05, 0) is 35.3 Å². The summed E-state index contributed by atoms with van der Waals surface area (Å²) in [5.74, 6) is 0.785. The predicted molar refractivity (Wildman–Crippen MR) is 106 cm³/mol. The van der Waals surface area contributed by atoms with Crippen molar-refractivity contribution in [1.82, 2.24) is 14.5 Å². The Kier molecular flexibility index (Phi) is 3.53. The number of pyridine rings is 1. The molecule has 0 unspecified atom stereocenters. The van der Waals surface area contributed by atoms with Crippen molar-refractivity contribution < 1.29 is 0 Å². The first-order valence-corrected chi connectivity index (χ1v) is 9.37. The van der Waals surface area contributed by atoms with Crippen LogP contribution in [0.25, 0.3) is 33.0 Å². The van der Waals surface area contributed by atoms with Gasteiger partial charge < -0.3 is 0 Å². The topological polar surface area (TPSA) is 47.8 Å². The molecule has 26 heavy (non-hydrogen) atoms. The van der Waals surface area contributed by atoms with Gasteiger partial charge in [-0.1, -0.05) is 36.4 Å². The molecular formula is C21H15N3OS. The number of hydrogen-bond acceptors (Lipinski definition) is 4. The number of nitrogens with zero attached hydrogens (tertiary/aromatic N) is 3. The van der Waals surface area contributed by atoms with Crippen LogP contribution in [-0.2, 0) is 6.54 Å². The highest BCUT2D eigenvalue weighted by atomic mass is 32.1. The molecule has 0 saturated heterocycles. The third-order valence-electron chi connectivity index (χ3n) is 4.70. The fraction of sp³-hybridized carbons (Fsp3) is 0.0952. The van der Waals surface area contributed by atoms with Crippen LogP contribution in [0.3, 0.4) is 0 Å². The van der Waals surface area contributed by atoms with Crippen LogP contribution >= 0.6 is 11.3 Å². The second-order valence-electron chi connectivity index (χ2n) is 6.29.